The van der Waals surface area contributed by atoms with Crippen LogP contribution in [0.4, 0.5) is 5.69 Å². The highest BCUT2D eigenvalue weighted by atomic mass is 16.6. The zero-order chi connectivity index (χ0) is 13.2. The third-order valence-corrected chi connectivity index (χ3v) is 2.42. The standard InChI is InChI=1S/C15H17NO2/c1-15(2,3)18-14(17)12-9-8-11-6-4-5-7-13(11)16-10-12/h4-10,16H,1-3H3. The molecule has 3 nitrogen and oxygen atoms in total. The van der Waals surface area contributed by atoms with Gasteiger partial charge in [0.05, 0.1) is 5.57 Å². The minimum absolute atomic E-state index is 0.320. The number of esters is 1. The van der Waals surface area contributed by atoms with Crippen LogP contribution in [-0.4, -0.2) is 11.6 Å². The SMILES string of the molecule is CC(C)(C)OC(=O)C1=CNc2ccccc2C=C1. The molecule has 2 rings (SSSR count). The molecule has 0 bridgehead atoms. The molecule has 3 heteroatoms. The Kier molecular flexibility index (Phi) is 3.24. The Bertz CT molecular complexity index is 522. The smallest absolute Gasteiger partial charge is 0.340 e. The van der Waals surface area contributed by atoms with Crippen LogP contribution in [0.25, 0.3) is 6.08 Å². The number of nitrogens with one attached hydrogen (secondary N) is 1. The van der Waals surface area contributed by atoms with Gasteiger partial charge in [0, 0.05) is 11.9 Å². The molecule has 0 saturated carbocycles. The Labute approximate surface area is 107 Å². The predicted molar refractivity (Wildman–Crippen MR) is 73.0 cm³/mol. The highest BCUT2D eigenvalue weighted by Gasteiger charge is 2.19. The Morgan fingerprint density at radius 3 is 2.61 bits per heavy atom. The fourth-order valence-electron chi connectivity index (χ4n) is 1.62. The average molecular weight is 243 g/mol. The molecule has 0 amide bonds. The van der Waals surface area contributed by atoms with Gasteiger partial charge in [-0.25, -0.2) is 4.79 Å². The van der Waals surface area contributed by atoms with Crippen LogP contribution in [0.3, 0.4) is 0 Å². The summed E-state index contributed by atoms with van der Waals surface area (Å²) in [7, 11) is 0. The summed E-state index contributed by atoms with van der Waals surface area (Å²) >= 11 is 0. The number of carbonyl (C=O) groups is 1. The minimum atomic E-state index is -0.481. The van der Waals surface area contributed by atoms with E-state index in [4.69, 9.17) is 4.74 Å². The van der Waals surface area contributed by atoms with Crippen LogP contribution in [0.5, 0.6) is 0 Å². The van der Waals surface area contributed by atoms with Crippen molar-refractivity contribution in [3.05, 3.63) is 47.7 Å². The minimum Gasteiger partial charge on any atom is -0.456 e. The van der Waals surface area contributed by atoms with Crippen LogP contribution in [0.15, 0.2) is 42.1 Å². The third-order valence-electron chi connectivity index (χ3n) is 2.42. The summed E-state index contributed by atoms with van der Waals surface area (Å²) in [4.78, 5) is 11.9. The molecule has 1 aliphatic rings. The van der Waals surface area contributed by atoms with Crippen LogP contribution in [0, 0.1) is 0 Å². The van der Waals surface area contributed by atoms with Gasteiger partial charge in [0.25, 0.3) is 0 Å². The Morgan fingerprint density at radius 2 is 1.89 bits per heavy atom. The Balaban J connectivity index is 2.19. The van der Waals surface area contributed by atoms with Crippen LogP contribution >= 0.6 is 0 Å². The molecule has 1 aliphatic heterocycles. The molecule has 1 aromatic carbocycles. The molecule has 1 heterocycles. The highest BCUT2D eigenvalue weighted by Crippen LogP contribution is 2.22. The summed E-state index contributed by atoms with van der Waals surface area (Å²) in [6.07, 6.45) is 5.36. The number of carbonyl (C=O) groups excluding carboxylic acids is 1. The van der Waals surface area contributed by atoms with E-state index in [1.807, 2.05) is 51.1 Å². The van der Waals surface area contributed by atoms with Gasteiger partial charge in [0.15, 0.2) is 0 Å². The van der Waals surface area contributed by atoms with Gasteiger partial charge in [-0.1, -0.05) is 24.3 Å². The fraction of sp³-hybridized carbons (Fsp3) is 0.267. The van der Waals surface area contributed by atoms with Gasteiger partial charge in [-0.2, -0.15) is 0 Å². The molecule has 0 spiro atoms. The van der Waals surface area contributed by atoms with E-state index in [-0.39, 0.29) is 5.97 Å². The van der Waals surface area contributed by atoms with E-state index in [2.05, 4.69) is 5.32 Å². The van der Waals surface area contributed by atoms with Crippen molar-refractivity contribution in [3.8, 4) is 0 Å². The second-order valence-electron chi connectivity index (χ2n) is 5.17. The molecule has 0 fully saturated rings. The number of anilines is 1. The molecule has 18 heavy (non-hydrogen) atoms. The number of fused-ring (bicyclic) bond motifs is 1. The molecule has 0 aromatic heterocycles. The summed E-state index contributed by atoms with van der Waals surface area (Å²) in [5.41, 5.74) is 2.06. The average Bonchev–Trinajstić information content (AvgIpc) is 2.49. The van der Waals surface area contributed by atoms with E-state index in [0.717, 1.165) is 11.3 Å². The van der Waals surface area contributed by atoms with E-state index in [9.17, 15) is 4.79 Å². The lowest BCUT2D eigenvalue weighted by Gasteiger charge is -2.19. The summed E-state index contributed by atoms with van der Waals surface area (Å²) in [5.74, 6) is -0.320. The van der Waals surface area contributed by atoms with Gasteiger partial charge < -0.3 is 10.1 Å². The van der Waals surface area contributed by atoms with Crippen LogP contribution in [0.1, 0.15) is 26.3 Å². The molecular weight excluding hydrogens is 226 g/mol. The normalized spacial score (nSPS) is 14.1. The van der Waals surface area contributed by atoms with Crippen LogP contribution < -0.4 is 5.32 Å². The van der Waals surface area contributed by atoms with Gasteiger partial charge in [-0.05, 0) is 38.5 Å². The maximum absolute atomic E-state index is 11.9. The number of para-hydroxylation sites is 1. The Hall–Kier alpha value is -2.03. The second-order valence-corrected chi connectivity index (χ2v) is 5.17. The predicted octanol–water partition coefficient (Wildman–Crippen LogP) is 3.35. The quantitative estimate of drug-likeness (QED) is 0.769. The van der Waals surface area contributed by atoms with E-state index < -0.39 is 5.60 Å². The second kappa shape index (κ2) is 4.69. The maximum Gasteiger partial charge on any atom is 0.340 e. The van der Waals surface area contributed by atoms with Gasteiger partial charge in [-0.15, -0.1) is 0 Å². The number of hydrogen-bond acceptors (Lipinski definition) is 3. The molecule has 0 aliphatic carbocycles. The number of ether oxygens (including phenoxy) is 1. The molecule has 1 N–H and O–H groups in total. The first-order valence-corrected chi connectivity index (χ1v) is 5.93. The van der Waals surface area contributed by atoms with E-state index in [0.29, 0.717) is 5.57 Å². The summed E-state index contributed by atoms with van der Waals surface area (Å²) in [6.45, 7) is 5.57. The van der Waals surface area contributed by atoms with Gasteiger partial charge in [0.2, 0.25) is 0 Å². The Morgan fingerprint density at radius 1 is 1.17 bits per heavy atom. The maximum atomic E-state index is 11.9. The van der Waals surface area contributed by atoms with Crippen LogP contribution in [0.2, 0.25) is 0 Å². The van der Waals surface area contributed by atoms with E-state index in [1.165, 1.54) is 0 Å². The monoisotopic (exact) mass is 243 g/mol. The van der Waals surface area contributed by atoms with Crippen molar-refractivity contribution in [2.24, 2.45) is 0 Å². The lowest BCUT2D eigenvalue weighted by Crippen LogP contribution is -2.24. The van der Waals surface area contributed by atoms with E-state index >= 15 is 0 Å². The molecule has 1 aromatic rings. The van der Waals surface area contributed by atoms with Crippen molar-refractivity contribution >= 4 is 17.7 Å². The van der Waals surface area contributed by atoms with Gasteiger partial charge in [-0.3, -0.25) is 0 Å². The summed E-state index contributed by atoms with van der Waals surface area (Å²) in [5, 5.41) is 3.12. The number of benzene rings is 1. The lowest BCUT2D eigenvalue weighted by molar-refractivity contribution is -0.149. The lowest BCUT2D eigenvalue weighted by atomic mass is 10.1. The van der Waals surface area contributed by atoms with Gasteiger partial charge >= 0.3 is 5.97 Å². The topological polar surface area (TPSA) is 38.3 Å². The van der Waals surface area contributed by atoms with Gasteiger partial charge in [0.1, 0.15) is 5.60 Å². The number of rotatable bonds is 1. The number of hydrogen-bond donors (Lipinski definition) is 1. The van der Waals surface area contributed by atoms with Crippen molar-refractivity contribution < 1.29 is 9.53 Å². The molecule has 0 unspecified atom stereocenters. The fourth-order valence-corrected chi connectivity index (χ4v) is 1.62. The summed E-state index contributed by atoms with van der Waals surface area (Å²) in [6, 6.07) is 7.87. The first-order chi connectivity index (χ1) is 8.46. The third kappa shape index (κ3) is 3.00. The van der Waals surface area contributed by atoms with Crippen molar-refractivity contribution in [2.75, 3.05) is 5.32 Å². The molecule has 94 valence electrons. The highest BCUT2D eigenvalue weighted by molar-refractivity contribution is 5.94. The first kappa shape index (κ1) is 12.4. The molecule has 0 atom stereocenters. The van der Waals surface area contributed by atoms with Crippen LogP contribution in [-0.2, 0) is 9.53 Å². The molecule has 0 saturated heterocycles. The van der Waals surface area contributed by atoms with E-state index in [1.54, 1.807) is 12.3 Å². The van der Waals surface area contributed by atoms with Crippen molar-refractivity contribution in [1.29, 1.82) is 0 Å². The zero-order valence-corrected chi connectivity index (χ0v) is 10.9. The first-order valence-electron chi connectivity index (χ1n) is 5.93. The summed E-state index contributed by atoms with van der Waals surface area (Å²) < 4.78 is 5.33. The largest absolute Gasteiger partial charge is 0.456 e. The molecular formula is C15H17NO2. The van der Waals surface area contributed by atoms with Crippen molar-refractivity contribution in [1.82, 2.24) is 0 Å². The zero-order valence-electron chi connectivity index (χ0n) is 10.9. The molecule has 0 radical (unpaired) electrons. The van der Waals surface area contributed by atoms with Crippen molar-refractivity contribution in [2.45, 2.75) is 26.4 Å². The van der Waals surface area contributed by atoms with Crippen molar-refractivity contribution in [3.63, 3.8) is 0 Å².